The van der Waals surface area contributed by atoms with E-state index in [0.29, 0.717) is 0 Å². The SMILES string of the molecule is Cl.[SH][Hf]([C]1=CC=CC1)([C]1=CC=CC1)[c]1ccccc1. The van der Waals surface area contributed by atoms with Crippen molar-refractivity contribution in [1.29, 1.82) is 0 Å². The maximum atomic E-state index is 5.30. The molecule has 0 saturated carbocycles. The molecule has 0 unspecified atom stereocenters. The normalized spacial score (nSPS) is 17.1. The van der Waals surface area contributed by atoms with Gasteiger partial charge in [0.15, 0.2) is 0 Å². The first-order valence-corrected chi connectivity index (χ1v) is 17.0. The van der Waals surface area contributed by atoms with Crippen LogP contribution in [0, 0.1) is 0 Å². The number of allylic oxidation sites excluding steroid dienone is 8. The van der Waals surface area contributed by atoms with Crippen LogP contribution < -0.4 is 3.32 Å². The molecule has 2 aliphatic rings. The van der Waals surface area contributed by atoms with Gasteiger partial charge in [-0.3, -0.25) is 0 Å². The van der Waals surface area contributed by atoms with Crippen molar-refractivity contribution in [3.8, 4) is 0 Å². The van der Waals surface area contributed by atoms with E-state index in [-0.39, 0.29) is 12.4 Å². The number of hydrogen-bond donors (Lipinski definition) is 1. The average Bonchev–Trinajstić information content (AvgIpc) is 3.12. The molecule has 0 N–H and O–H groups in total. The fourth-order valence-electron chi connectivity index (χ4n) is 2.69. The van der Waals surface area contributed by atoms with Crippen LogP contribution in [-0.2, 0) is 18.5 Å². The number of thiol groups is 1. The molecule has 0 fully saturated rings. The Bertz CT molecular complexity index is 540. The maximum absolute atomic E-state index is 5.30. The molecular weight excluding hydrogens is 438 g/mol. The van der Waals surface area contributed by atoms with Crippen molar-refractivity contribution in [1.82, 2.24) is 0 Å². The molecule has 1 aromatic carbocycles. The summed E-state index contributed by atoms with van der Waals surface area (Å²) in [6, 6.07) is 10.9. The van der Waals surface area contributed by atoms with Crippen LogP contribution in [-0.4, -0.2) is 0 Å². The summed E-state index contributed by atoms with van der Waals surface area (Å²) in [6.07, 6.45) is 15.7. The van der Waals surface area contributed by atoms with Gasteiger partial charge in [0, 0.05) is 0 Å². The summed E-state index contributed by atoms with van der Waals surface area (Å²) in [5, 5.41) is 0. The summed E-state index contributed by atoms with van der Waals surface area (Å²) in [4.78, 5) is 0. The third-order valence-corrected chi connectivity index (χ3v) is 24.0. The molecule has 19 heavy (non-hydrogen) atoms. The molecule has 2 aliphatic carbocycles. The van der Waals surface area contributed by atoms with E-state index in [1.54, 1.807) is 6.66 Å². The van der Waals surface area contributed by atoms with Gasteiger partial charge in [-0.15, -0.1) is 12.4 Å². The molecule has 98 valence electrons. The van der Waals surface area contributed by atoms with Crippen LogP contribution in [0.25, 0.3) is 0 Å². The van der Waals surface area contributed by atoms with Gasteiger partial charge in [0.2, 0.25) is 0 Å². The first-order chi connectivity index (χ1) is 8.82. The van der Waals surface area contributed by atoms with Crippen LogP contribution in [0.2, 0.25) is 0 Å². The van der Waals surface area contributed by atoms with Gasteiger partial charge in [0.1, 0.15) is 0 Å². The first kappa shape index (κ1) is 15.1. The zero-order valence-electron chi connectivity index (χ0n) is 10.6. The molecule has 0 heterocycles. The quantitative estimate of drug-likeness (QED) is 0.507. The van der Waals surface area contributed by atoms with Gasteiger partial charge in [0.05, 0.1) is 0 Å². The van der Waals surface area contributed by atoms with Crippen molar-refractivity contribution in [3.63, 3.8) is 0 Å². The third kappa shape index (κ3) is 2.76. The minimum atomic E-state index is -2.99. The second-order valence-corrected chi connectivity index (χ2v) is 22.0. The van der Waals surface area contributed by atoms with Crippen molar-refractivity contribution >= 4 is 25.2 Å². The van der Waals surface area contributed by atoms with Gasteiger partial charge in [-0.25, -0.2) is 0 Å². The molecule has 1 aromatic rings. The molecule has 3 rings (SSSR count). The molecule has 0 saturated heterocycles. The fraction of sp³-hybridized carbons (Fsp3) is 0.125. The van der Waals surface area contributed by atoms with Crippen molar-refractivity contribution < 1.29 is 18.5 Å². The molecule has 0 bridgehead atoms. The van der Waals surface area contributed by atoms with E-state index in [4.69, 9.17) is 9.45 Å². The Morgan fingerprint density at radius 3 is 1.79 bits per heavy atom. The fourth-order valence-corrected chi connectivity index (χ4v) is 18.6. The van der Waals surface area contributed by atoms with Crippen LogP contribution in [0.4, 0.5) is 0 Å². The van der Waals surface area contributed by atoms with Crippen LogP contribution in [0.5, 0.6) is 0 Å². The first-order valence-electron chi connectivity index (χ1n) is 6.32. The molecule has 0 aromatic heterocycles. The molecule has 0 aliphatic heterocycles. The number of benzene rings is 1. The number of rotatable bonds is 3. The summed E-state index contributed by atoms with van der Waals surface area (Å²) < 4.78 is 4.66. The number of hydrogen-bond acceptors (Lipinski definition) is 1. The minimum absolute atomic E-state index is 0. The van der Waals surface area contributed by atoms with Crippen molar-refractivity contribution in [2.75, 3.05) is 0 Å². The summed E-state index contributed by atoms with van der Waals surface area (Å²) in [7, 11) is 5.30. The zero-order valence-corrected chi connectivity index (χ0v) is 15.9. The van der Waals surface area contributed by atoms with Crippen molar-refractivity contribution in [2.24, 2.45) is 0 Å². The van der Waals surface area contributed by atoms with Crippen LogP contribution >= 0.6 is 21.9 Å². The van der Waals surface area contributed by atoms with Crippen LogP contribution in [0.3, 0.4) is 0 Å². The topological polar surface area (TPSA) is 0 Å². The molecule has 3 heteroatoms. The summed E-state index contributed by atoms with van der Waals surface area (Å²) in [6.45, 7) is 0. The summed E-state index contributed by atoms with van der Waals surface area (Å²) in [5.74, 6) is 0. The third-order valence-electron chi connectivity index (χ3n) is 3.66. The van der Waals surface area contributed by atoms with Gasteiger partial charge in [-0.1, -0.05) is 0 Å². The number of halogens is 1. The Balaban J connectivity index is 0.00000133. The Morgan fingerprint density at radius 1 is 0.842 bits per heavy atom. The molecular formula is C16H17ClHfS. The Kier molecular flexibility index (Phi) is 5.10. The molecule has 0 radical (unpaired) electrons. The molecule has 0 amide bonds. The van der Waals surface area contributed by atoms with Gasteiger partial charge in [-0.2, -0.15) is 0 Å². The van der Waals surface area contributed by atoms with Crippen LogP contribution in [0.1, 0.15) is 12.8 Å². The van der Waals surface area contributed by atoms with Gasteiger partial charge in [-0.05, 0) is 0 Å². The van der Waals surface area contributed by atoms with E-state index in [1.165, 1.54) is 3.32 Å². The summed E-state index contributed by atoms with van der Waals surface area (Å²) >= 11 is -2.99. The Hall–Kier alpha value is -0.310. The predicted octanol–water partition coefficient (Wildman–Crippen LogP) is 4.42. The van der Waals surface area contributed by atoms with Crippen molar-refractivity contribution in [2.45, 2.75) is 12.8 Å². The second kappa shape index (κ2) is 6.43. The monoisotopic (exact) mass is 456 g/mol. The predicted molar refractivity (Wildman–Crippen MR) is 86.0 cm³/mol. The summed E-state index contributed by atoms with van der Waals surface area (Å²) in [5.41, 5.74) is 0. The van der Waals surface area contributed by atoms with E-state index < -0.39 is 18.5 Å². The van der Waals surface area contributed by atoms with E-state index in [1.807, 2.05) is 0 Å². The van der Waals surface area contributed by atoms with Gasteiger partial charge >= 0.3 is 118 Å². The van der Waals surface area contributed by atoms with Crippen LogP contribution in [0.15, 0.2) is 73.4 Å². The van der Waals surface area contributed by atoms with Gasteiger partial charge in [0.25, 0.3) is 0 Å². The van der Waals surface area contributed by atoms with E-state index in [0.717, 1.165) is 12.8 Å². The van der Waals surface area contributed by atoms with Gasteiger partial charge < -0.3 is 0 Å². The molecule has 0 spiro atoms. The zero-order chi connectivity index (χ0) is 12.4. The second-order valence-electron chi connectivity index (χ2n) is 4.72. The Morgan fingerprint density at radius 2 is 1.37 bits per heavy atom. The van der Waals surface area contributed by atoms with E-state index >= 15 is 0 Å². The van der Waals surface area contributed by atoms with E-state index in [9.17, 15) is 0 Å². The van der Waals surface area contributed by atoms with E-state index in [2.05, 4.69) is 66.8 Å². The average molecular weight is 455 g/mol. The Labute approximate surface area is 129 Å². The van der Waals surface area contributed by atoms with Crippen molar-refractivity contribution in [3.05, 3.63) is 73.4 Å². The standard InChI is InChI=1S/C6H5.2C5H5.ClH.Hf.H2S/c1-2-4-6-5-3-1;2*1-2-4-5-3-1;;;/h1-5H;2*1-3H,4H2;1H;;1H2/q;;;;+1;/p-1. The molecule has 0 nitrogen and oxygen atoms in total. The molecule has 0 atom stereocenters.